The maximum Gasteiger partial charge on any atom is 0.192 e. The molecule has 2 aliphatic rings. The molecule has 1 saturated heterocycles. The minimum Gasteiger partial charge on any atom is -0.367 e. The lowest BCUT2D eigenvalue weighted by molar-refractivity contribution is -0.132. The summed E-state index contributed by atoms with van der Waals surface area (Å²) in [5.74, 6) is 0.128. The Balaban J connectivity index is 1.61. The van der Waals surface area contributed by atoms with Crippen LogP contribution >= 0.6 is 0 Å². The highest BCUT2D eigenvalue weighted by Crippen LogP contribution is 2.17. The fourth-order valence-corrected chi connectivity index (χ4v) is 2.83. The summed E-state index contributed by atoms with van der Waals surface area (Å²) in [7, 11) is 0. The highest BCUT2D eigenvalue weighted by Gasteiger charge is 2.28. The Hall–Kier alpha value is -1.71. The second kappa shape index (κ2) is 6.83. The molecule has 0 N–H and O–H groups in total. The standard InChI is InChI=1S/C18H21NO2/c20-18(16-9-5-2-6-10-16)17-14-19(11-12-21-17)13-15-7-3-1-4-8-15/h1,3-5,7-10,17H,2,6,11-14H2/t17-/m0/s1. The number of rotatable bonds is 4. The Kier molecular flexibility index (Phi) is 4.63. The van der Waals surface area contributed by atoms with Crippen molar-refractivity contribution in [1.29, 1.82) is 0 Å². The van der Waals surface area contributed by atoms with Gasteiger partial charge in [-0.2, -0.15) is 0 Å². The van der Waals surface area contributed by atoms with Crippen LogP contribution in [-0.2, 0) is 16.1 Å². The third-order valence-electron chi connectivity index (χ3n) is 3.97. The molecule has 0 saturated carbocycles. The maximum atomic E-state index is 12.5. The van der Waals surface area contributed by atoms with Gasteiger partial charge in [-0.15, -0.1) is 0 Å². The average molecular weight is 283 g/mol. The van der Waals surface area contributed by atoms with Crippen molar-refractivity contribution in [1.82, 2.24) is 4.90 Å². The van der Waals surface area contributed by atoms with E-state index in [0.717, 1.165) is 31.5 Å². The third kappa shape index (κ3) is 3.69. The predicted molar refractivity (Wildman–Crippen MR) is 82.9 cm³/mol. The average Bonchev–Trinajstić information content (AvgIpc) is 2.56. The van der Waals surface area contributed by atoms with Crippen molar-refractivity contribution in [3.8, 4) is 0 Å². The topological polar surface area (TPSA) is 29.5 Å². The largest absolute Gasteiger partial charge is 0.367 e. The van der Waals surface area contributed by atoms with Gasteiger partial charge in [0.05, 0.1) is 6.61 Å². The van der Waals surface area contributed by atoms with E-state index in [-0.39, 0.29) is 11.9 Å². The molecule has 0 unspecified atom stereocenters. The van der Waals surface area contributed by atoms with Crippen molar-refractivity contribution in [2.75, 3.05) is 19.7 Å². The van der Waals surface area contributed by atoms with E-state index in [1.54, 1.807) is 0 Å². The fourth-order valence-electron chi connectivity index (χ4n) is 2.83. The number of benzene rings is 1. The van der Waals surface area contributed by atoms with Gasteiger partial charge in [-0.3, -0.25) is 9.69 Å². The molecule has 1 fully saturated rings. The molecule has 0 radical (unpaired) electrons. The Morgan fingerprint density at radius 1 is 1.24 bits per heavy atom. The van der Waals surface area contributed by atoms with Gasteiger partial charge in [-0.25, -0.2) is 0 Å². The van der Waals surface area contributed by atoms with Gasteiger partial charge < -0.3 is 4.74 Å². The molecule has 1 atom stereocenters. The van der Waals surface area contributed by atoms with Gasteiger partial charge in [0.15, 0.2) is 5.78 Å². The summed E-state index contributed by atoms with van der Waals surface area (Å²) in [5.41, 5.74) is 2.09. The normalized spacial score (nSPS) is 22.9. The maximum absolute atomic E-state index is 12.5. The lowest BCUT2D eigenvalue weighted by atomic mass is 9.99. The van der Waals surface area contributed by atoms with Crippen molar-refractivity contribution >= 4 is 5.78 Å². The van der Waals surface area contributed by atoms with Gasteiger partial charge in [-0.05, 0) is 18.4 Å². The first-order valence-corrected chi connectivity index (χ1v) is 7.62. The third-order valence-corrected chi connectivity index (χ3v) is 3.97. The number of hydrogen-bond acceptors (Lipinski definition) is 3. The Labute approximate surface area is 125 Å². The molecule has 0 bridgehead atoms. The van der Waals surface area contributed by atoms with E-state index in [1.807, 2.05) is 18.2 Å². The minimum absolute atomic E-state index is 0.128. The van der Waals surface area contributed by atoms with Crippen LogP contribution in [0.4, 0.5) is 0 Å². The van der Waals surface area contributed by atoms with Crippen LogP contribution in [0.3, 0.4) is 0 Å². The van der Waals surface area contributed by atoms with Gasteiger partial charge in [0, 0.05) is 25.2 Å². The molecule has 3 nitrogen and oxygen atoms in total. The Bertz CT molecular complexity index is 548. The summed E-state index contributed by atoms with van der Waals surface area (Å²) < 4.78 is 5.69. The molecule has 0 aromatic heterocycles. The van der Waals surface area contributed by atoms with E-state index in [4.69, 9.17) is 4.74 Å². The summed E-state index contributed by atoms with van der Waals surface area (Å²) in [6.07, 6.45) is 7.70. The monoisotopic (exact) mass is 283 g/mol. The summed E-state index contributed by atoms with van der Waals surface area (Å²) >= 11 is 0. The van der Waals surface area contributed by atoms with Crippen LogP contribution in [0.1, 0.15) is 18.4 Å². The van der Waals surface area contributed by atoms with Gasteiger partial charge in [0.25, 0.3) is 0 Å². The van der Waals surface area contributed by atoms with E-state index in [0.29, 0.717) is 13.2 Å². The van der Waals surface area contributed by atoms with Crippen LogP contribution in [-0.4, -0.2) is 36.5 Å². The van der Waals surface area contributed by atoms with E-state index < -0.39 is 0 Å². The summed E-state index contributed by atoms with van der Waals surface area (Å²) in [4.78, 5) is 14.8. The number of ether oxygens (including phenoxy) is 1. The lowest BCUT2D eigenvalue weighted by Gasteiger charge is -2.32. The molecule has 1 aromatic carbocycles. The molecule has 1 heterocycles. The number of carbonyl (C=O) groups excluding carboxylic acids is 1. The van der Waals surface area contributed by atoms with Crippen molar-refractivity contribution in [3.63, 3.8) is 0 Å². The number of allylic oxidation sites excluding steroid dienone is 3. The van der Waals surface area contributed by atoms with E-state index in [9.17, 15) is 4.79 Å². The fraction of sp³-hybridized carbons (Fsp3) is 0.389. The number of Topliss-reactive ketones (excluding diaryl/α,β-unsaturated/α-hetero) is 1. The Morgan fingerprint density at radius 3 is 2.86 bits per heavy atom. The van der Waals surface area contributed by atoms with Gasteiger partial charge in [0.2, 0.25) is 0 Å². The predicted octanol–water partition coefficient (Wildman–Crippen LogP) is 2.73. The number of ketones is 1. The van der Waals surface area contributed by atoms with Crippen LogP contribution in [0.2, 0.25) is 0 Å². The first-order valence-electron chi connectivity index (χ1n) is 7.62. The van der Waals surface area contributed by atoms with Crippen LogP contribution in [0.15, 0.2) is 54.1 Å². The highest BCUT2D eigenvalue weighted by atomic mass is 16.5. The second-order valence-electron chi connectivity index (χ2n) is 5.58. The number of nitrogens with zero attached hydrogens (tertiary/aromatic N) is 1. The van der Waals surface area contributed by atoms with Gasteiger partial charge >= 0.3 is 0 Å². The summed E-state index contributed by atoms with van der Waals surface area (Å²) in [5, 5.41) is 0. The second-order valence-corrected chi connectivity index (χ2v) is 5.58. The SMILES string of the molecule is O=C(C1=CCCC=C1)[C@@H]1CN(Cc2ccccc2)CCO1. The van der Waals surface area contributed by atoms with Crippen molar-refractivity contribution in [3.05, 3.63) is 59.7 Å². The summed E-state index contributed by atoms with van der Waals surface area (Å²) in [6, 6.07) is 10.4. The number of carbonyl (C=O) groups is 1. The van der Waals surface area contributed by atoms with Crippen molar-refractivity contribution in [2.45, 2.75) is 25.5 Å². The van der Waals surface area contributed by atoms with Crippen LogP contribution < -0.4 is 0 Å². The first kappa shape index (κ1) is 14.2. The number of hydrogen-bond donors (Lipinski definition) is 0. The minimum atomic E-state index is -0.323. The zero-order chi connectivity index (χ0) is 14.5. The quantitative estimate of drug-likeness (QED) is 0.851. The molecule has 1 aliphatic heterocycles. The van der Waals surface area contributed by atoms with Crippen LogP contribution in [0.25, 0.3) is 0 Å². The molecule has 0 amide bonds. The van der Waals surface area contributed by atoms with E-state index in [1.165, 1.54) is 5.56 Å². The Morgan fingerprint density at radius 2 is 2.10 bits per heavy atom. The van der Waals surface area contributed by atoms with E-state index in [2.05, 4.69) is 35.2 Å². The zero-order valence-corrected chi connectivity index (χ0v) is 12.2. The number of morpholine rings is 1. The van der Waals surface area contributed by atoms with Gasteiger partial charge in [-0.1, -0.05) is 48.6 Å². The zero-order valence-electron chi connectivity index (χ0n) is 12.2. The lowest BCUT2D eigenvalue weighted by Crippen LogP contribution is -2.46. The molecule has 1 aliphatic carbocycles. The molecular weight excluding hydrogens is 262 g/mol. The first-order chi connectivity index (χ1) is 10.3. The molecular formula is C18H21NO2. The van der Waals surface area contributed by atoms with Gasteiger partial charge in [0.1, 0.15) is 6.10 Å². The molecule has 0 spiro atoms. The smallest absolute Gasteiger partial charge is 0.192 e. The highest BCUT2D eigenvalue weighted by molar-refractivity contribution is 6.01. The van der Waals surface area contributed by atoms with E-state index >= 15 is 0 Å². The molecule has 21 heavy (non-hydrogen) atoms. The molecule has 3 rings (SSSR count). The van der Waals surface area contributed by atoms with Crippen LogP contribution in [0, 0.1) is 0 Å². The summed E-state index contributed by atoms with van der Waals surface area (Å²) in [6.45, 7) is 3.07. The van der Waals surface area contributed by atoms with Crippen LogP contribution in [0.5, 0.6) is 0 Å². The molecule has 3 heteroatoms. The molecule has 110 valence electrons. The molecule has 1 aromatic rings. The van der Waals surface area contributed by atoms with Crippen molar-refractivity contribution in [2.24, 2.45) is 0 Å². The van der Waals surface area contributed by atoms with Crippen molar-refractivity contribution < 1.29 is 9.53 Å².